The number of aryl methyl sites for hydroxylation is 1. The molecule has 23 heavy (non-hydrogen) atoms. The second-order valence-corrected chi connectivity index (χ2v) is 6.71. The monoisotopic (exact) mass is 332 g/mol. The standard InChI is InChI=1S/C16H20N4O2S/c1-10(2)8-14-19-20-16(23-14)18-13(21)9-17-15(22)12-7-5-4-6-11(12)3/h4-7,10H,8-9H2,1-3H3,(H,17,22)(H,18,20,21). The minimum absolute atomic E-state index is 0.105. The van der Waals surface area contributed by atoms with Gasteiger partial charge in [0.1, 0.15) is 5.01 Å². The van der Waals surface area contributed by atoms with Gasteiger partial charge in [-0.25, -0.2) is 0 Å². The highest BCUT2D eigenvalue weighted by Crippen LogP contribution is 2.17. The Kier molecular flexibility index (Phi) is 5.81. The molecule has 122 valence electrons. The van der Waals surface area contributed by atoms with Crippen molar-refractivity contribution in [3.63, 3.8) is 0 Å². The second-order valence-electron chi connectivity index (χ2n) is 5.64. The number of carbonyl (C=O) groups is 2. The number of aromatic nitrogens is 2. The van der Waals surface area contributed by atoms with E-state index in [4.69, 9.17) is 0 Å². The molecule has 0 aliphatic heterocycles. The van der Waals surface area contributed by atoms with E-state index in [2.05, 4.69) is 34.7 Å². The average molecular weight is 332 g/mol. The van der Waals surface area contributed by atoms with Gasteiger partial charge in [-0.1, -0.05) is 43.4 Å². The van der Waals surface area contributed by atoms with Crippen LogP contribution in [0.3, 0.4) is 0 Å². The first-order valence-corrected chi connectivity index (χ1v) is 8.23. The average Bonchev–Trinajstić information content (AvgIpc) is 2.91. The second kappa shape index (κ2) is 7.82. The first-order chi connectivity index (χ1) is 11.0. The van der Waals surface area contributed by atoms with Gasteiger partial charge >= 0.3 is 0 Å². The smallest absolute Gasteiger partial charge is 0.251 e. The van der Waals surface area contributed by atoms with Gasteiger partial charge in [-0.2, -0.15) is 0 Å². The molecular formula is C16H20N4O2S. The van der Waals surface area contributed by atoms with Crippen molar-refractivity contribution in [3.05, 3.63) is 40.4 Å². The van der Waals surface area contributed by atoms with Gasteiger partial charge in [0.25, 0.3) is 5.91 Å². The number of nitrogens with zero attached hydrogens (tertiary/aromatic N) is 2. The van der Waals surface area contributed by atoms with E-state index in [0.29, 0.717) is 16.6 Å². The lowest BCUT2D eigenvalue weighted by molar-refractivity contribution is -0.115. The Bertz CT molecular complexity index is 697. The molecule has 1 aromatic heterocycles. The van der Waals surface area contributed by atoms with E-state index in [1.54, 1.807) is 12.1 Å². The zero-order valence-electron chi connectivity index (χ0n) is 13.4. The first-order valence-electron chi connectivity index (χ1n) is 7.41. The molecule has 1 aromatic carbocycles. The largest absolute Gasteiger partial charge is 0.343 e. The van der Waals surface area contributed by atoms with Crippen molar-refractivity contribution in [1.82, 2.24) is 15.5 Å². The third-order valence-corrected chi connectivity index (χ3v) is 3.96. The van der Waals surface area contributed by atoms with Gasteiger partial charge in [0.05, 0.1) is 6.54 Å². The topological polar surface area (TPSA) is 84.0 Å². The van der Waals surface area contributed by atoms with Gasteiger partial charge in [-0.15, -0.1) is 10.2 Å². The molecule has 0 saturated carbocycles. The first kappa shape index (κ1) is 17.1. The molecule has 0 unspecified atom stereocenters. The normalized spacial score (nSPS) is 10.6. The minimum atomic E-state index is -0.320. The lowest BCUT2D eigenvalue weighted by Crippen LogP contribution is -2.33. The summed E-state index contributed by atoms with van der Waals surface area (Å²) in [6.07, 6.45) is 0.831. The van der Waals surface area contributed by atoms with Gasteiger partial charge in [0.15, 0.2) is 0 Å². The molecule has 0 fully saturated rings. The van der Waals surface area contributed by atoms with E-state index in [-0.39, 0.29) is 18.4 Å². The Morgan fingerprint density at radius 1 is 1.22 bits per heavy atom. The summed E-state index contributed by atoms with van der Waals surface area (Å²) in [7, 11) is 0. The minimum Gasteiger partial charge on any atom is -0.343 e. The van der Waals surface area contributed by atoms with E-state index in [9.17, 15) is 9.59 Å². The predicted octanol–water partition coefficient (Wildman–Crippen LogP) is 2.41. The fourth-order valence-electron chi connectivity index (χ4n) is 1.98. The van der Waals surface area contributed by atoms with E-state index >= 15 is 0 Å². The van der Waals surface area contributed by atoms with Gasteiger partial charge in [-0.05, 0) is 24.5 Å². The van der Waals surface area contributed by atoms with Crippen molar-refractivity contribution in [2.75, 3.05) is 11.9 Å². The summed E-state index contributed by atoms with van der Waals surface area (Å²) in [5.41, 5.74) is 1.43. The maximum absolute atomic E-state index is 12.0. The Morgan fingerprint density at radius 2 is 1.96 bits per heavy atom. The summed E-state index contributed by atoms with van der Waals surface area (Å²) >= 11 is 1.36. The van der Waals surface area contributed by atoms with Crippen LogP contribution in [0.25, 0.3) is 0 Å². The molecule has 0 saturated heterocycles. The Balaban J connectivity index is 1.84. The maximum Gasteiger partial charge on any atom is 0.251 e. The SMILES string of the molecule is Cc1ccccc1C(=O)NCC(=O)Nc1nnc(CC(C)C)s1. The molecule has 0 radical (unpaired) electrons. The number of nitrogens with one attached hydrogen (secondary N) is 2. The van der Waals surface area contributed by atoms with Crippen molar-refractivity contribution in [2.24, 2.45) is 5.92 Å². The fraction of sp³-hybridized carbons (Fsp3) is 0.375. The van der Waals surface area contributed by atoms with Crippen molar-refractivity contribution >= 4 is 28.3 Å². The van der Waals surface area contributed by atoms with Gasteiger partial charge in [0.2, 0.25) is 11.0 Å². The maximum atomic E-state index is 12.0. The molecule has 0 bridgehead atoms. The Labute approximate surface area is 139 Å². The number of benzene rings is 1. The summed E-state index contributed by atoms with van der Waals surface area (Å²) in [5, 5.41) is 14.6. The van der Waals surface area contributed by atoms with Crippen LogP contribution in [0.5, 0.6) is 0 Å². The summed E-state index contributed by atoms with van der Waals surface area (Å²) < 4.78 is 0. The van der Waals surface area contributed by atoms with Crippen molar-refractivity contribution in [1.29, 1.82) is 0 Å². The number of hydrogen-bond donors (Lipinski definition) is 2. The van der Waals surface area contributed by atoms with Gasteiger partial charge in [-0.3, -0.25) is 14.9 Å². The number of carbonyl (C=O) groups excluding carboxylic acids is 2. The molecule has 0 aliphatic rings. The molecule has 2 rings (SSSR count). The molecule has 0 atom stereocenters. The third kappa shape index (κ3) is 5.14. The highest BCUT2D eigenvalue weighted by atomic mass is 32.1. The lowest BCUT2D eigenvalue weighted by atomic mass is 10.1. The zero-order chi connectivity index (χ0) is 16.8. The Hall–Kier alpha value is -2.28. The predicted molar refractivity (Wildman–Crippen MR) is 90.6 cm³/mol. The molecule has 2 amide bonds. The lowest BCUT2D eigenvalue weighted by Gasteiger charge is -2.07. The van der Waals surface area contributed by atoms with Crippen molar-refractivity contribution in [2.45, 2.75) is 27.2 Å². The molecule has 0 aliphatic carbocycles. The fourth-order valence-corrected chi connectivity index (χ4v) is 2.95. The van der Waals surface area contributed by atoms with Crippen molar-refractivity contribution in [3.8, 4) is 0 Å². The van der Waals surface area contributed by atoms with Crippen LogP contribution in [-0.4, -0.2) is 28.6 Å². The number of hydrogen-bond acceptors (Lipinski definition) is 5. The van der Waals surface area contributed by atoms with E-state index in [1.807, 2.05) is 19.1 Å². The number of amides is 2. The molecule has 7 heteroatoms. The van der Waals surface area contributed by atoms with E-state index < -0.39 is 0 Å². The molecule has 2 aromatic rings. The van der Waals surface area contributed by atoms with Crippen LogP contribution >= 0.6 is 11.3 Å². The molecular weight excluding hydrogens is 312 g/mol. The van der Waals surface area contributed by atoms with Gasteiger partial charge in [0, 0.05) is 12.0 Å². The Morgan fingerprint density at radius 3 is 2.65 bits per heavy atom. The molecule has 2 N–H and O–H groups in total. The van der Waals surface area contributed by atoms with Crippen LogP contribution in [0.2, 0.25) is 0 Å². The van der Waals surface area contributed by atoms with Crippen LogP contribution in [0.1, 0.15) is 34.8 Å². The van der Waals surface area contributed by atoms with Crippen LogP contribution in [0, 0.1) is 12.8 Å². The van der Waals surface area contributed by atoms with Crippen LogP contribution in [-0.2, 0) is 11.2 Å². The van der Waals surface area contributed by atoms with E-state index in [0.717, 1.165) is 17.0 Å². The van der Waals surface area contributed by atoms with Crippen LogP contribution in [0.4, 0.5) is 5.13 Å². The molecule has 0 spiro atoms. The number of anilines is 1. The highest BCUT2D eigenvalue weighted by Gasteiger charge is 2.12. The number of rotatable bonds is 6. The van der Waals surface area contributed by atoms with Crippen molar-refractivity contribution < 1.29 is 9.59 Å². The highest BCUT2D eigenvalue weighted by molar-refractivity contribution is 7.15. The molecule has 1 heterocycles. The molecule has 6 nitrogen and oxygen atoms in total. The zero-order valence-corrected chi connectivity index (χ0v) is 14.2. The third-order valence-electron chi connectivity index (χ3n) is 3.10. The van der Waals surface area contributed by atoms with Crippen LogP contribution < -0.4 is 10.6 Å². The van der Waals surface area contributed by atoms with E-state index in [1.165, 1.54) is 11.3 Å². The van der Waals surface area contributed by atoms with Gasteiger partial charge < -0.3 is 5.32 Å². The summed E-state index contributed by atoms with van der Waals surface area (Å²) in [6, 6.07) is 7.24. The quantitative estimate of drug-likeness (QED) is 0.851. The van der Waals surface area contributed by atoms with Crippen LogP contribution in [0.15, 0.2) is 24.3 Å². The summed E-state index contributed by atoms with van der Waals surface area (Å²) in [4.78, 5) is 23.9. The summed E-state index contributed by atoms with van der Waals surface area (Å²) in [5.74, 6) is -0.102. The summed E-state index contributed by atoms with van der Waals surface area (Å²) in [6.45, 7) is 5.94.